The molecule has 2 aromatic rings. The predicted molar refractivity (Wildman–Crippen MR) is 83.6 cm³/mol. The Morgan fingerprint density at radius 3 is 2.52 bits per heavy atom. The first-order valence-corrected chi connectivity index (χ1v) is 6.92. The number of hydrogen-bond donors (Lipinski definition) is 0. The maximum absolute atomic E-state index is 11.9. The zero-order chi connectivity index (χ0) is 16.4. The number of carbonyl (C=O) groups is 1. The Hall–Kier alpha value is -3.02. The summed E-state index contributed by atoms with van der Waals surface area (Å²) < 4.78 is 21.0. The second-order valence-electron chi connectivity index (χ2n) is 4.85. The summed E-state index contributed by atoms with van der Waals surface area (Å²) in [6.45, 7) is 1.83. The van der Waals surface area contributed by atoms with Crippen molar-refractivity contribution >= 4 is 17.9 Å². The van der Waals surface area contributed by atoms with Crippen molar-refractivity contribution < 1.29 is 23.4 Å². The van der Waals surface area contributed by atoms with Crippen LogP contribution in [0.5, 0.6) is 11.5 Å². The molecule has 0 aliphatic carbocycles. The van der Waals surface area contributed by atoms with Crippen LogP contribution in [0.15, 0.2) is 45.4 Å². The van der Waals surface area contributed by atoms with Gasteiger partial charge in [-0.25, -0.2) is 9.79 Å². The van der Waals surface area contributed by atoms with Gasteiger partial charge in [0.1, 0.15) is 11.5 Å². The summed E-state index contributed by atoms with van der Waals surface area (Å²) >= 11 is 0. The lowest BCUT2D eigenvalue weighted by Gasteiger charge is -2.08. The SMILES string of the molecule is COc1ccc(C2=N/C(=C/c3ccc(C)o3)C(=O)O2)cc1OC. The monoisotopic (exact) mass is 313 g/mol. The lowest BCUT2D eigenvalue weighted by atomic mass is 10.2. The van der Waals surface area contributed by atoms with Crippen molar-refractivity contribution in [1.82, 2.24) is 0 Å². The minimum atomic E-state index is -0.524. The van der Waals surface area contributed by atoms with Crippen LogP contribution in [-0.2, 0) is 9.53 Å². The van der Waals surface area contributed by atoms with Gasteiger partial charge in [0.05, 0.1) is 14.2 Å². The summed E-state index contributed by atoms with van der Waals surface area (Å²) in [6.07, 6.45) is 1.54. The molecule has 0 unspecified atom stereocenters. The molecule has 23 heavy (non-hydrogen) atoms. The number of hydrogen-bond acceptors (Lipinski definition) is 6. The van der Waals surface area contributed by atoms with Gasteiger partial charge in [-0.3, -0.25) is 0 Å². The molecule has 2 heterocycles. The number of benzene rings is 1. The van der Waals surface area contributed by atoms with Gasteiger partial charge in [-0.1, -0.05) is 0 Å². The number of cyclic esters (lactones) is 1. The standard InChI is InChI=1S/C17H15NO5/c1-10-4-6-12(22-10)9-13-17(19)23-16(18-13)11-5-7-14(20-2)15(8-11)21-3/h4-9H,1-3H3/b13-9+. The maximum Gasteiger partial charge on any atom is 0.363 e. The Bertz CT molecular complexity index is 816. The van der Waals surface area contributed by atoms with Crippen LogP contribution in [-0.4, -0.2) is 26.1 Å². The Morgan fingerprint density at radius 1 is 1.09 bits per heavy atom. The molecule has 0 N–H and O–H groups in total. The van der Waals surface area contributed by atoms with E-state index in [0.717, 1.165) is 5.76 Å². The zero-order valence-corrected chi connectivity index (χ0v) is 13.0. The van der Waals surface area contributed by atoms with Crippen molar-refractivity contribution in [2.45, 2.75) is 6.92 Å². The number of rotatable bonds is 4. The quantitative estimate of drug-likeness (QED) is 0.641. The molecule has 3 rings (SSSR count). The van der Waals surface area contributed by atoms with E-state index in [0.29, 0.717) is 22.8 Å². The number of carbonyl (C=O) groups excluding carboxylic acids is 1. The second-order valence-corrected chi connectivity index (χ2v) is 4.85. The van der Waals surface area contributed by atoms with Crippen molar-refractivity contribution in [3.63, 3.8) is 0 Å². The number of aryl methyl sites for hydroxylation is 1. The van der Waals surface area contributed by atoms with Crippen molar-refractivity contribution in [3.8, 4) is 11.5 Å². The fourth-order valence-corrected chi connectivity index (χ4v) is 2.17. The smallest absolute Gasteiger partial charge is 0.363 e. The van der Waals surface area contributed by atoms with E-state index in [9.17, 15) is 4.79 Å². The van der Waals surface area contributed by atoms with Crippen molar-refractivity contribution in [3.05, 3.63) is 53.1 Å². The van der Waals surface area contributed by atoms with E-state index >= 15 is 0 Å². The molecule has 0 fully saturated rings. The van der Waals surface area contributed by atoms with Gasteiger partial charge in [0.15, 0.2) is 17.2 Å². The van der Waals surface area contributed by atoms with Gasteiger partial charge in [-0.2, -0.15) is 0 Å². The molecule has 0 saturated heterocycles. The Balaban J connectivity index is 1.93. The van der Waals surface area contributed by atoms with Crippen LogP contribution in [0, 0.1) is 6.92 Å². The molecule has 0 bridgehead atoms. The number of ether oxygens (including phenoxy) is 3. The molecule has 1 aliphatic heterocycles. The van der Waals surface area contributed by atoms with Gasteiger partial charge < -0.3 is 18.6 Å². The van der Waals surface area contributed by atoms with Gasteiger partial charge in [0, 0.05) is 11.6 Å². The van der Waals surface area contributed by atoms with Crippen LogP contribution in [0.2, 0.25) is 0 Å². The Kier molecular flexibility index (Phi) is 3.89. The number of aliphatic imine (C=N–C) groups is 1. The van der Waals surface area contributed by atoms with Crippen molar-refractivity contribution in [1.29, 1.82) is 0 Å². The summed E-state index contributed by atoms with van der Waals surface area (Å²) in [5.41, 5.74) is 0.805. The summed E-state index contributed by atoms with van der Waals surface area (Å²) in [7, 11) is 3.09. The molecular weight excluding hydrogens is 298 g/mol. The van der Waals surface area contributed by atoms with Crippen LogP contribution in [0.4, 0.5) is 0 Å². The van der Waals surface area contributed by atoms with Gasteiger partial charge in [0.25, 0.3) is 0 Å². The summed E-state index contributed by atoms with van der Waals surface area (Å²) in [6, 6.07) is 8.74. The molecule has 0 saturated carbocycles. The third kappa shape index (κ3) is 2.96. The van der Waals surface area contributed by atoms with E-state index in [-0.39, 0.29) is 11.6 Å². The number of furan rings is 1. The summed E-state index contributed by atoms with van der Waals surface area (Å²) in [5, 5.41) is 0. The van der Waals surface area contributed by atoms with Crippen LogP contribution in [0.3, 0.4) is 0 Å². The van der Waals surface area contributed by atoms with Crippen LogP contribution < -0.4 is 9.47 Å². The van der Waals surface area contributed by atoms with Crippen LogP contribution in [0.25, 0.3) is 6.08 Å². The highest BCUT2D eigenvalue weighted by Crippen LogP contribution is 2.29. The van der Waals surface area contributed by atoms with Crippen molar-refractivity contribution in [2.75, 3.05) is 14.2 Å². The fourth-order valence-electron chi connectivity index (χ4n) is 2.17. The molecule has 1 aromatic carbocycles. The first kappa shape index (κ1) is 14.9. The number of methoxy groups -OCH3 is 2. The molecular formula is C17H15NO5. The highest BCUT2D eigenvalue weighted by molar-refractivity contribution is 6.12. The first-order valence-electron chi connectivity index (χ1n) is 6.92. The molecule has 6 nitrogen and oxygen atoms in total. The Morgan fingerprint density at radius 2 is 1.87 bits per heavy atom. The maximum atomic E-state index is 11.9. The second kappa shape index (κ2) is 6.00. The first-order chi connectivity index (χ1) is 11.1. The van der Waals surface area contributed by atoms with E-state index in [1.165, 1.54) is 7.11 Å². The van der Waals surface area contributed by atoms with Gasteiger partial charge in [-0.05, 0) is 37.3 Å². The summed E-state index contributed by atoms with van der Waals surface area (Å²) in [5.74, 6) is 2.11. The van der Waals surface area contributed by atoms with E-state index in [4.69, 9.17) is 18.6 Å². The van der Waals surface area contributed by atoms with Crippen LogP contribution >= 0.6 is 0 Å². The molecule has 118 valence electrons. The largest absolute Gasteiger partial charge is 0.493 e. The van der Waals surface area contributed by atoms with Gasteiger partial charge in [0.2, 0.25) is 5.90 Å². The normalized spacial score (nSPS) is 15.5. The zero-order valence-electron chi connectivity index (χ0n) is 13.0. The molecule has 0 radical (unpaired) electrons. The highest BCUT2D eigenvalue weighted by atomic mass is 16.6. The third-order valence-corrected chi connectivity index (χ3v) is 3.29. The molecule has 1 aromatic heterocycles. The van der Waals surface area contributed by atoms with E-state index < -0.39 is 5.97 Å². The van der Waals surface area contributed by atoms with Gasteiger partial charge in [-0.15, -0.1) is 0 Å². The average Bonchev–Trinajstić information content (AvgIpc) is 3.13. The van der Waals surface area contributed by atoms with E-state index in [1.807, 2.05) is 13.0 Å². The number of esters is 1. The molecule has 6 heteroatoms. The number of nitrogens with zero attached hydrogens (tertiary/aromatic N) is 1. The molecule has 1 aliphatic rings. The molecule has 0 amide bonds. The minimum Gasteiger partial charge on any atom is -0.493 e. The van der Waals surface area contributed by atoms with Crippen LogP contribution in [0.1, 0.15) is 17.1 Å². The predicted octanol–water partition coefficient (Wildman–Crippen LogP) is 2.95. The highest BCUT2D eigenvalue weighted by Gasteiger charge is 2.25. The van der Waals surface area contributed by atoms with E-state index in [2.05, 4.69) is 4.99 Å². The third-order valence-electron chi connectivity index (χ3n) is 3.29. The molecule has 0 spiro atoms. The average molecular weight is 313 g/mol. The van der Waals surface area contributed by atoms with Crippen molar-refractivity contribution in [2.24, 2.45) is 4.99 Å². The summed E-state index contributed by atoms with van der Waals surface area (Å²) in [4.78, 5) is 16.2. The fraction of sp³-hybridized carbons (Fsp3) is 0.176. The van der Waals surface area contributed by atoms with E-state index in [1.54, 1.807) is 37.5 Å². The topological polar surface area (TPSA) is 70.3 Å². The minimum absolute atomic E-state index is 0.184. The molecule has 0 atom stereocenters. The van der Waals surface area contributed by atoms with Gasteiger partial charge >= 0.3 is 5.97 Å². The lowest BCUT2D eigenvalue weighted by Crippen LogP contribution is -2.05. The lowest BCUT2D eigenvalue weighted by molar-refractivity contribution is -0.129. The Labute approximate surface area is 133 Å².